The number of nitrogens with one attached hydrogen (secondary N) is 3. The Bertz CT molecular complexity index is 1320. The number of hydrogen-bond donors (Lipinski definition) is 3. The molecule has 0 spiro atoms. The van der Waals surface area contributed by atoms with Crippen molar-refractivity contribution in [3.05, 3.63) is 58.8 Å². The predicted octanol–water partition coefficient (Wildman–Crippen LogP) is 3.60. The van der Waals surface area contributed by atoms with Gasteiger partial charge in [-0.3, -0.25) is 4.79 Å². The molecule has 0 saturated carbocycles. The van der Waals surface area contributed by atoms with Gasteiger partial charge < -0.3 is 34.3 Å². The van der Waals surface area contributed by atoms with Gasteiger partial charge in [-0.25, -0.2) is 15.0 Å². The van der Waals surface area contributed by atoms with Gasteiger partial charge in [-0.05, 0) is 76.1 Å². The standard InChI is InChI=1S/C29H36N4O8/c1-7-38-24-13-19(9-11-22(24)41-17(3)4)15-30-33-25(34)16-40-21-12-10-20(14-23(21)37-6)27-26(28(35)39-8-2)18(5)31-29(36)32-27/h9-15,17,27H,7-8,16H2,1-6H3,(H,33,34)(H2,31,32,36)/b30-15+/t27-/m0/s1. The molecule has 2 aromatic carbocycles. The third kappa shape index (κ3) is 8.37. The lowest BCUT2D eigenvalue weighted by Crippen LogP contribution is -2.45. The summed E-state index contributed by atoms with van der Waals surface area (Å²) in [6, 6.07) is 9.02. The Morgan fingerprint density at radius 3 is 2.46 bits per heavy atom. The minimum Gasteiger partial charge on any atom is -0.493 e. The number of amides is 3. The second-order valence-electron chi connectivity index (χ2n) is 9.09. The summed E-state index contributed by atoms with van der Waals surface area (Å²) in [7, 11) is 1.44. The maximum Gasteiger partial charge on any atom is 0.338 e. The van der Waals surface area contributed by atoms with Crippen molar-refractivity contribution in [2.75, 3.05) is 26.9 Å². The first-order valence-corrected chi connectivity index (χ1v) is 13.2. The SMILES string of the molecule is CCOC(=O)C1=C(C)NC(=O)N[C@H]1c1ccc(OCC(=O)N/N=C/c2ccc(OC(C)C)c(OCC)c2)c(OC)c1. The van der Waals surface area contributed by atoms with E-state index in [1.165, 1.54) is 13.3 Å². The van der Waals surface area contributed by atoms with Crippen molar-refractivity contribution >= 4 is 24.1 Å². The molecular formula is C29H36N4O8. The number of nitrogens with zero attached hydrogens (tertiary/aromatic N) is 1. The van der Waals surface area contributed by atoms with E-state index in [1.54, 1.807) is 50.2 Å². The van der Waals surface area contributed by atoms with E-state index in [9.17, 15) is 14.4 Å². The van der Waals surface area contributed by atoms with Crippen molar-refractivity contribution in [1.82, 2.24) is 16.1 Å². The molecule has 0 fully saturated rings. The quantitative estimate of drug-likeness (QED) is 0.189. The normalized spacial score (nSPS) is 14.8. The lowest BCUT2D eigenvalue weighted by molar-refractivity contribution is -0.139. The lowest BCUT2D eigenvalue weighted by Gasteiger charge is -2.28. The summed E-state index contributed by atoms with van der Waals surface area (Å²) in [5.74, 6) is 0.760. The molecule has 41 heavy (non-hydrogen) atoms. The molecule has 0 bridgehead atoms. The Kier molecular flexibility index (Phi) is 11.0. The van der Waals surface area contributed by atoms with Crippen molar-refractivity contribution in [3.63, 3.8) is 0 Å². The molecule has 1 aliphatic heterocycles. The lowest BCUT2D eigenvalue weighted by atomic mass is 9.95. The molecule has 12 heteroatoms. The second-order valence-corrected chi connectivity index (χ2v) is 9.09. The number of allylic oxidation sites excluding steroid dienone is 1. The van der Waals surface area contributed by atoms with Crippen LogP contribution in [0.5, 0.6) is 23.0 Å². The summed E-state index contributed by atoms with van der Waals surface area (Å²) >= 11 is 0. The average molecular weight is 569 g/mol. The Morgan fingerprint density at radius 1 is 1.02 bits per heavy atom. The van der Waals surface area contributed by atoms with Crippen LogP contribution in [0.3, 0.4) is 0 Å². The fourth-order valence-corrected chi connectivity index (χ4v) is 3.99. The number of carbonyl (C=O) groups is 3. The Hall–Kier alpha value is -4.74. The van der Waals surface area contributed by atoms with Crippen molar-refractivity contribution < 1.29 is 38.1 Å². The van der Waals surface area contributed by atoms with Crippen LogP contribution in [0.25, 0.3) is 0 Å². The van der Waals surface area contributed by atoms with Gasteiger partial charge in [0.1, 0.15) is 0 Å². The van der Waals surface area contributed by atoms with E-state index >= 15 is 0 Å². The zero-order valence-corrected chi connectivity index (χ0v) is 24.0. The second kappa shape index (κ2) is 14.6. The summed E-state index contributed by atoms with van der Waals surface area (Å²) in [6.07, 6.45) is 1.48. The number of hydrazone groups is 1. The van der Waals surface area contributed by atoms with Crippen LogP contribution in [0, 0.1) is 0 Å². The van der Waals surface area contributed by atoms with Gasteiger partial charge in [-0.1, -0.05) is 6.07 Å². The molecule has 1 heterocycles. The van der Waals surface area contributed by atoms with Gasteiger partial charge in [-0.2, -0.15) is 5.10 Å². The minimum atomic E-state index is -0.766. The van der Waals surface area contributed by atoms with Crippen LogP contribution in [-0.4, -0.2) is 57.2 Å². The molecule has 0 unspecified atom stereocenters. The smallest absolute Gasteiger partial charge is 0.338 e. The highest BCUT2D eigenvalue weighted by atomic mass is 16.5. The van der Waals surface area contributed by atoms with Gasteiger partial charge in [0, 0.05) is 5.70 Å². The largest absolute Gasteiger partial charge is 0.493 e. The summed E-state index contributed by atoms with van der Waals surface area (Å²) in [4.78, 5) is 37.1. The van der Waals surface area contributed by atoms with Crippen molar-refractivity contribution in [3.8, 4) is 23.0 Å². The molecule has 0 radical (unpaired) electrons. The molecule has 1 atom stereocenters. The molecule has 12 nitrogen and oxygen atoms in total. The van der Waals surface area contributed by atoms with E-state index in [2.05, 4.69) is 21.2 Å². The number of carbonyl (C=O) groups excluding carboxylic acids is 3. The molecule has 2 aromatic rings. The fourth-order valence-electron chi connectivity index (χ4n) is 3.99. The minimum absolute atomic E-state index is 0.00336. The molecule has 1 aliphatic rings. The van der Waals surface area contributed by atoms with Gasteiger partial charge in [0.15, 0.2) is 29.6 Å². The summed E-state index contributed by atoms with van der Waals surface area (Å²) < 4.78 is 27.7. The van der Waals surface area contributed by atoms with E-state index in [4.69, 9.17) is 23.7 Å². The van der Waals surface area contributed by atoms with Crippen LogP contribution >= 0.6 is 0 Å². The van der Waals surface area contributed by atoms with Crippen LogP contribution < -0.4 is 35.0 Å². The highest BCUT2D eigenvalue weighted by Crippen LogP contribution is 2.34. The molecule has 3 N–H and O–H groups in total. The fraction of sp³-hybridized carbons (Fsp3) is 0.379. The highest BCUT2D eigenvalue weighted by molar-refractivity contribution is 5.95. The van der Waals surface area contributed by atoms with Crippen LogP contribution in [0.1, 0.15) is 51.8 Å². The first kappa shape index (κ1) is 30.8. The van der Waals surface area contributed by atoms with E-state index in [1.807, 2.05) is 20.8 Å². The molecule has 0 aliphatic carbocycles. The van der Waals surface area contributed by atoms with Crippen molar-refractivity contribution in [2.45, 2.75) is 46.8 Å². The van der Waals surface area contributed by atoms with Crippen LogP contribution in [0.4, 0.5) is 4.79 Å². The highest BCUT2D eigenvalue weighted by Gasteiger charge is 2.32. The van der Waals surface area contributed by atoms with Crippen molar-refractivity contribution in [2.24, 2.45) is 5.10 Å². The third-order valence-corrected chi connectivity index (χ3v) is 5.68. The third-order valence-electron chi connectivity index (χ3n) is 5.68. The molecule has 220 valence electrons. The molecule has 3 amide bonds. The van der Waals surface area contributed by atoms with Gasteiger partial charge in [-0.15, -0.1) is 0 Å². The number of benzene rings is 2. The number of methoxy groups -OCH3 is 1. The van der Waals surface area contributed by atoms with E-state index in [0.29, 0.717) is 40.7 Å². The number of rotatable bonds is 13. The number of esters is 1. The van der Waals surface area contributed by atoms with Gasteiger partial charge in [0.05, 0.1) is 44.3 Å². The summed E-state index contributed by atoms with van der Waals surface area (Å²) in [6.45, 7) is 9.40. The van der Waals surface area contributed by atoms with Gasteiger partial charge in [0.2, 0.25) is 0 Å². The zero-order chi connectivity index (χ0) is 29.9. The molecule has 3 rings (SSSR count). The van der Waals surface area contributed by atoms with E-state index in [-0.39, 0.29) is 30.6 Å². The van der Waals surface area contributed by atoms with Gasteiger partial charge >= 0.3 is 12.0 Å². The predicted molar refractivity (Wildman–Crippen MR) is 151 cm³/mol. The number of ether oxygens (including phenoxy) is 5. The Labute approximate surface area is 239 Å². The molecule has 0 saturated heterocycles. The maximum atomic E-state index is 12.6. The van der Waals surface area contributed by atoms with Gasteiger partial charge in [0.25, 0.3) is 5.91 Å². The molecular weight excluding hydrogens is 532 g/mol. The topological polar surface area (TPSA) is 146 Å². The van der Waals surface area contributed by atoms with Crippen LogP contribution in [0.2, 0.25) is 0 Å². The maximum absolute atomic E-state index is 12.6. The zero-order valence-electron chi connectivity index (χ0n) is 24.0. The Balaban J connectivity index is 1.66. The molecule has 0 aromatic heterocycles. The van der Waals surface area contributed by atoms with E-state index in [0.717, 1.165) is 0 Å². The Morgan fingerprint density at radius 2 is 1.78 bits per heavy atom. The first-order chi connectivity index (χ1) is 19.7. The summed E-state index contributed by atoms with van der Waals surface area (Å²) in [5.41, 5.74) is 4.36. The number of urea groups is 1. The van der Waals surface area contributed by atoms with Crippen LogP contribution in [-0.2, 0) is 14.3 Å². The number of hydrogen-bond acceptors (Lipinski definition) is 9. The monoisotopic (exact) mass is 568 g/mol. The van der Waals surface area contributed by atoms with Crippen LogP contribution in [0.15, 0.2) is 52.8 Å². The average Bonchev–Trinajstić information content (AvgIpc) is 2.92. The van der Waals surface area contributed by atoms with E-state index < -0.39 is 23.9 Å². The first-order valence-electron chi connectivity index (χ1n) is 13.2. The van der Waals surface area contributed by atoms with Crippen molar-refractivity contribution in [1.29, 1.82) is 0 Å². The summed E-state index contributed by atoms with van der Waals surface area (Å²) in [5, 5.41) is 9.31.